The van der Waals surface area contributed by atoms with Gasteiger partial charge in [0.15, 0.2) is 0 Å². The number of nitrogens with one attached hydrogen (secondary N) is 2. The molecule has 0 aliphatic carbocycles. The number of para-hydroxylation sites is 1. The van der Waals surface area contributed by atoms with E-state index in [-0.39, 0.29) is 10.7 Å². The molecule has 1 aromatic heterocycles. The van der Waals surface area contributed by atoms with Gasteiger partial charge in [-0.05, 0) is 37.3 Å². The molecule has 27 heavy (non-hydrogen) atoms. The first kappa shape index (κ1) is 18.3. The van der Waals surface area contributed by atoms with E-state index in [0.29, 0.717) is 28.6 Å². The molecule has 3 rings (SSSR count). The van der Waals surface area contributed by atoms with Gasteiger partial charge in [-0.3, -0.25) is 4.79 Å². The van der Waals surface area contributed by atoms with Crippen molar-refractivity contribution >= 4 is 34.7 Å². The standard InChI is InChI=1S/C19H13ClFN5O/c1-11-23-17(19(27)25-13-6-7-15(21)14(20)8-13)9-18(24-11)26-16-5-3-2-4-12(16)10-22/h2-9H,1H3,(H,25,27)(H,23,24,26). The summed E-state index contributed by atoms with van der Waals surface area (Å²) in [5, 5.41) is 14.7. The predicted molar refractivity (Wildman–Crippen MR) is 101 cm³/mol. The molecule has 2 N–H and O–H groups in total. The fourth-order valence-electron chi connectivity index (χ4n) is 2.34. The second kappa shape index (κ2) is 7.81. The number of amides is 1. The number of hydrogen-bond donors (Lipinski definition) is 2. The molecule has 8 heteroatoms. The van der Waals surface area contributed by atoms with E-state index >= 15 is 0 Å². The molecule has 0 fully saturated rings. The molecule has 0 radical (unpaired) electrons. The Morgan fingerprint density at radius 1 is 1.19 bits per heavy atom. The highest BCUT2D eigenvalue weighted by Gasteiger charge is 2.13. The van der Waals surface area contributed by atoms with E-state index < -0.39 is 11.7 Å². The molecule has 0 atom stereocenters. The average Bonchev–Trinajstić information content (AvgIpc) is 2.64. The lowest BCUT2D eigenvalue weighted by molar-refractivity contribution is 0.102. The number of aryl methyl sites for hydroxylation is 1. The van der Waals surface area contributed by atoms with Crippen LogP contribution in [0.25, 0.3) is 0 Å². The highest BCUT2D eigenvalue weighted by atomic mass is 35.5. The minimum Gasteiger partial charge on any atom is -0.339 e. The maximum atomic E-state index is 13.2. The minimum atomic E-state index is -0.574. The number of nitrogens with zero attached hydrogens (tertiary/aromatic N) is 3. The first-order chi connectivity index (χ1) is 13.0. The van der Waals surface area contributed by atoms with E-state index in [2.05, 4.69) is 26.7 Å². The predicted octanol–water partition coefficient (Wildman–Crippen LogP) is 4.45. The lowest BCUT2D eigenvalue weighted by Gasteiger charge is -2.10. The van der Waals surface area contributed by atoms with Gasteiger partial charge in [0.25, 0.3) is 5.91 Å². The Labute approximate surface area is 159 Å². The molecule has 6 nitrogen and oxygen atoms in total. The third-order valence-electron chi connectivity index (χ3n) is 3.56. The van der Waals surface area contributed by atoms with Crippen molar-refractivity contribution in [3.8, 4) is 6.07 Å². The van der Waals surface area contributed by atoms with Crippen LogP contribution in [0.5, 0.6) is 0 Å². The Balaban J connectivity index is 1.85. The van der Waals surface area contributed by atoms with E-state index in [1.54, 1.807) is 31.2 Å². The van der Waals surface area contributed by atoms with Crippen LogP contribution in [0.3, 0.4) is 0 Å². The summed E-state index contributed by atoms with van der Waals surface area (Å²) in [5.41, 5.74) is 1.46. The van der Waals surface area contributed by atoms with Crippen molar-refractivity contribution in [3.63, 3.8) is 0 Å². The summed E-state index contributed by atoms with van der Waals surface area (Å²) in [6.45, 7) is 1.65. The molecule has 3 aromatic rings. The molecule has 1 heterocycles. The number of rotatable bonds is 4. The first-order valence-corrected chi connectivity index (χ1v) is 8.22. The van der Waals surface area contributed by atoms with Gasteiger partial charge in [-0.2, -0.15) is 5.26 Å². The summed E-state index contributed by atoms with van der Waals surface area (Å²) < 4.78 is 13.2. The van der Waals surface area contributed by atoms with Crippen molar-refractivity contribution in [1.29, 1.82) is 5.26 Å². The van der Waals surface area contributed by atoms with Gasteiger partial charge in [0, 0.05) is 11.8 Å². The van der Waals surface area contributed by atoms with E-state index in [0.717, 1.165) is 6.07 Å². The summed E-state index contributed by atoms with van der Waals surface area (Å²) in [6, 6.07) is 14.3. The molecule has 0 aliphatic heterocycles. The third kappa shape index (κ3) is 4.37. The Kier molecular flexibility index (Phi) is 5.29. The second-order valence-corrected chi connectivity index (χ2v) is 5.96. The largest absolute Gasteiger partial charge is 0.339 e. The normalized spacial score (nSPS) is 10.1. The van der Waals surface area contributed by atoms with E-state index in [4.69, 9.17) is 11.6 Å². The summed E-state index contributed by atoms with van der Waals surface area (Å²) in [6.07, 6.45) is 0. The highest BCUT2D eigenvalue weighted by molar-refractivity contribution is 6.31. The third-order valence-corrected chi connectivity index (χ3v) is 3.85. The molecule has 0 saturated carbocycles. The fraction of sp³-hybridized carbons (Fsp3) is 0.0526. The zero-order chi connectivity index (χ0) is 19.4. The highest BCUT2D eigenvalue weighted by Crippen LogP contribution is 2.21. The van der Waals surface area contributed by atoms with Crippen LogP contribution in [0, 0.1) is 24.1 Å². The molecule has 1 amide bonds. The Morgan fingerprint density at radius 2 is 1.96 bits per heavy atom. The number of anilines is 3. The molecule has 0 unspecified atom stereocenters. The number of halogens is 2. The van der Waals surface area contributed by atoms with E-state index in [1.807, 2.05) is 0 Å². The van der Waals surface area contributed by atoms with Crippen LogP contribution in [0.1, 0.15) is 21.9 Å². The summed E-state index contributed by atoms with van der Waals surface area (Å²) in [4.78, 5) is 20.8. The summed E-state index contributed by atoms with van der Waals surface area (Å²) >= 11 is 5.72. The molecular formula is C19H13ClFN5O. The molecular weight excluding hydrogens is 369 g/mol. The Hall–Kier alpha value is -3.50. The second-order valence-electron chi connectivity index (χ2n) is 5.55. The molecule has 0 saturated heterocycles. The van der Waals surface area contributed by atoms with Crippen LogP contribution >= 0.6 is 11.6 Å². The molecule has 0 spiro atoms. The van der Waals surface area contributed by atoms with E-state index in [1.165, 1.54) is 18.2 Å². The van der Waals surface area contributed by atoms with Gasteiger partial charge >= 0.3 is 0 Å². The van der Waals surface area contributed by atoms with Crippen molar-refractivity contribution in [1.82, 2.24) is 9.97 Å². The summed E-state index contributed by atoms with van der Waals surface area (Å²) in [5.74, 6) is -0.334. The van der Waals surface area contributed by atoms with Crippen molar-refractivity contribution < 1.29 is 9.18 Å². The van der Waals surface area contributed by atoms with Crippen LogP contribution in [0.15, 0.2) is 48.5 Å². The molecule has 0 bridgehead atoms. The van der Waals surface area contributed by atoms with Gasteiger partial charge in [0.1, 0.15) is 29.2 Å². The minimum absolute atomic E-state index is 0.0952. The number of carbonyl (C=O) groups excluding carboxylic acids is 1. The quantitative estimate of drug-likeness (QED) is 0.697. The van der Waals surface area contributed by atoms with Crippen LogP contribution in [0.2, 0.25) is 5.02 Å². The maximum Gasteiger partial charge on any atom is 0.274 e. The fourth-order valence-corrected chi connectivity index (χ4v) is 2.53. The molecule has 134 valence electrons. The van der Waals surface area contributed by atoms with Gasteiger partial charge in [-0.25, -0.2) is 14.4 Å². The van der Waals surface area contributed by atoms with Gasteiger partial charge in [-0.1, -0.05) is 23.7 Å². The zero-order valence-corrected chi connectivity index (χ0v) is 14.9. The van der Waals surface area contributed by atoms with Crippen molar-refractivity contribution in [2.24, 2.45) is 0 Å². The van der Waals surface area contributed by atoms with Crippen molar-refractivity contribution in [2.75, 3.05) is 10.6 Å². The number of carbonyl (C=O) groups is 1. The topological polar surface area (TPSA) is 90.7 Å². The SMILES string of the molecule is Cc1nc(Nc2ccccc2C#N)cc(C(=O)Nc2ccc(F)c(Cl)c2)n1. The Bertz CT molecular complexity index is 1060. The lowest BCUT2D eigenvalue weighted by atomic mass is 10.2. The van der Waals surface area contributed by atoms with Crippen LogP contribution < -0.4 is 10.6 Å². The van der Waals surface area contributed by atoms with Crippen LogP contribution in [-0.4, -0.2) is 15.9 Å². The average molecular weight is 382 g/mol. The number of hydrogen-bond acceptors (Lipinski definition) is 5. The van der Waals surface area contributed by atoms with E-state index in [9.17, 15) is 14.4 Å². The number of benzene rings is 2. The first-order valence-electron chi connectivity index (χ1n) is 7.84. The van der Waals surface area contributed by atoms with Gasteiger partial charge in [0.05, 0.1) is 16.3 Å². The number of aromatic nitrogens is 2. The van der Waals surface area contributed by atoms with Gasteiger partial charge in [-0.15, -0.1) is 0 Å². The monoisotopic (exact) mass is 381 g/mol. The zero-order valence-electron chi connectivity index (χ0n) is 14.1. The Morgan fingerprint density at radius 3 is 2.70 bits per heavy atom. The smallest absolute Gasteiger partial charge is 0.274 e. The molecule has 0 aliphatic rings. The van der Waals surface area contributed by atoms with Crippen molar-refractivity contribution in [2.45, 2.75) is 6.92 Å². The van der Waals surface area contributed by atoms with Crippen molar-refractivity contribution in [3.05, 3.63) is 76.5 Å². The maximum absolute atomic E-state index is 13.2. The summed E-state index contributed by atoms with van der Waals surface area (Å²) in [7, 11) is 0. The van der Waals surface area contributed by atoms with Crippen LogP contribution in [0.4, 0.5) is 21.6 Å². The lowest BCUT2D eigenvalue weighted by Crippen LogP contribution is -2.15. The molecule has 2 aromatic carbocycles. The van der Waals surface area contributed by atoms with Crippen LogP contribution in [-0.2, 0) is 0 Å². The van der Waals surface area contributed by atoms with Gasteiger partial charge < -0.3 is 10.6 Å². The number of nitriles is 1. The van der Waals surface area contributed by atoms with Gasteiger partial charge in [0.2, 0.25) is 0 Å².